The molecule has 0 aromatic heterocycles. The highest BCUT2D eigenvalue weighted by molar-refractivity contribution is 5.74. The molecule has 1 rings (SSSR count). The van der Waals surface area contributed by atoms with Gasteiger partial charge in [-0.15, -0.1) is 0 Å². The first-order valence-electron chi connectivity index (χ1n) is 5.97. The molecule has 3 heteroatoms. The second-order valence-corrected chi connectivity index (χ2v) is 5.03. The van der Waals surface area contributed by atoms with Crippen molar-refractivity contribution in [1.82, 2.24) is 4.90 Å². The summed E-state index contributed by atoms with van der Waals surface area (Å²) in [6, 6.07) is 0.545. The standard InChI is InChI=1S/C12H23NO2/c1-4-12(3,11(14)15)9-13-8-6-5-7-10(13)2/h10H,4-9H2,1-3H3,(H,14,15). The van der Waals surface area contributed by atoms with Gasteiger partial charge in [0.15, 0.2) is 0 Å². The summed E-state index contributed by atoms with van der Waals surface area (Å²) in [7, 11) is 0. The second-order valence-electron chi connectivity index (χ2n) is 5.03. The van der Waals surface area contributed by atoms with Crippen molar-refractivity contribution in [2.75, 3.05) is 13.1 Å². The summed E-state index contributed by atoms with van der Waals surface area (Å²) in [5.41, 5.74) is -0.578. The van der Waals surface area contributed by atoms with E-state index in [0.717, 1.165) is 6.54 Å². The maximum Gasteiger partial charge on any atom is 0.310 e. The van der Waals surface area contributed by atoms with E-state index in [4.69, 9.17) is 0 Å². The van der Waals surface area contributed by atoms with E-state index in [2.05, 4.69) is 11.8 Å². The van der Waals surface area contributed by atoms with Gasteiger partial charge in [0.2, 0.25) is 0 Å². The zero-order valence-electron chi connectivity index (χ0n) is 10.1. The Bertz CT molecular complexity index is 230. The molecule has 1 N–H and O–H groups in total. The fourth-order valence-electron chi connectivity index (χ4n) is 2.17. The molecule has 2 atom stereocenters. The predicted octanol–water partition coefficient (Wildman–Crippen LogP) is 2.36. The van der Waals surface area contributed by atoms with Gasteiger partial charge in [0, 0.05) is 12.6 Å². The van der Waals surface area contributed by atoms with Crippen LogP contribution in [-0.2, 0) is 4.79 Å². The summed E-state index contributed by atoms with van der Waals surface area (Å²) in [6.07, 6.45) is 4.41. The van der Waals surface area contributed by atoms with E-state index in [0.29, 0.717) is 19.0 Å². The van der Waals surface area contributed by atoms with Crippen LogP contribution in [0, 0.1) is 5.41 Å². The molecule has 15 heavy (non-hydrogen) atoms. The normalized spacial score (nSPS) is 27.3. The Morgan fingerprint density at radius 3 is 2.67 bits per heavy atom. The fraction of sp³-hybridized carbons (Fsp3) is 0.917. The third kappa shape index (κ3) is 2.94. The lowest BCUT2D eigenvalue weighted by Gasteiger charge is -2.38. The van der Waals surface area contributed by atoms with Crippen molar-refractivity contribution in [2.24, 2.45) is 5.41 Å². The van der Waals surface area contributed by atoms with Crippen LogP contribution in [0.5, 0.6) is 0 Å². The van der Waals surface area contributed by atoms with E-state index < -0.39 is 11.4 Å². The van der Waals surface area contributed by atoms with Crippen molar-refractivity contribution in [2.45, 2.75) is 52.5 Å². The average Bonchev–Trinajstić information content (AvgIpc) is 2.21. The zero-order valence-corrected chi connectivity index (χ0v) is 10.1. The molecule has 0 bridgehead atoms. The number of rotatable bonds is 4. The highest BCUT2D eigenvalue weighted by atomic mass is 16.4. The van der Waals surface area contributed by atoms with Gasteiger partial charge < -0.3 is 5.11 Å². The molecule has 1 heterocycles. The maximum absolute atomic E-state index is 11.2. The second kappa shape index (κ2) is 4.97. The summed E-state index contributed by atoms with van der Waals surface area (Å²) >= 11 is 0. The molecule has 1 aliphatic heterocycles. The number of hydrogen-bond donors (Lipinski definition) is 1. The van der Waals surface area contributed by atoms with Gasteiger partial charge in [-0.2, -0.15) is 0 Å². The zero-order chi connectivity index (χ0) is 11.5. The van der Waals surface area contributed by atoms with Crippen LogP contribution in [0.2, 0.25) is 0 Å². The molecule has 0 aromatic rings. The lowest BCUT2D eigenvalue weighted by atomic mass is 9.85. The van der Waals surface area contributed by atoms with Crippen LogP contribution in [-0.4, -0.2) is 35.1 Å². The number of carboxylic acids is 1. The van der Waals surface area contributed by atoms with Gasteiger partial charge in [-0.25, -0.2) is 0 Å². The molecule has 0 aliphatic carbocycles. The van der Waals surface area contributed by atoms with E-state index in [-0.39, 0.29) is 0 Å². The van der Waals surface area contributed by atoms with Gasteiger partial charge in [-0.1, -0.05) is 13.3 Å². The number of carbonyl (C=O) groups is 1. The van der Waals surface area contributed by atoms with Gasteiger partial charge in [0.1, 0.15) is 0 Å². The highest BCUT2D eigenvalue weighted by Crippen LogP contribution is 2.26. The largest absolute Gasteiger partial charge is 0.481 e. The van der Waals surface area contributed by atoms with Gasteiger partial charge in [-0.05, 0) is 39.7 Å². The van der Waals surface area contributed by atoms with Crippen LogP contribution in [0.1, 0.15) is 46.5 Å². The lowest BCUT2D eigenvalue weighted by Crippen LogP contribution is -2.46. The van der Waals surface area contributed by atoms with Crippen LogP contribution >= 0.6 is 0 Å². The highest BCUT2D eigenvalue weighted by Gasteiger charge is 2.35. The molecular formula is C12H23NO2. The van der Waals surface area contributed by atoms with Gasteiger partial charge in [-0.3, -0.25) is 9.69 Å². The van der Waals surface area contributed by atoms with Crippen LogP contribution < -0.4 is 0 Å². The third-order valence-corrected chi connectivity index (χ3v) is 3.79. The molecule has 2 unspecified atom stereocenters. The van der Waals surface area contributed by atoms with Crippen molar-refractivity contribution in [1.29, 1.82) is 0 Å². The Kier molecular flexibility index (Phi) is 4.14. The minimum absolute atomic E-state index is 0.545. The lowest BCUT2D eigenvalue weighted by molar-refractivity contribution is -0.149. The van der Waals surface area contributed by atoms with Crippen molar-refractivity contribution in [3.8, 4) is 0 Å². The van der Waals surface area contributed by atoms with Crippen LogP contribution in [0.25, 0.3) is 0 Å². The first-order chi connectivity index (χ1) is 6.99. The molecular weight excluding hydrogens is 190 g/mol. The summed E-state index contributed by atoms with van der Waals surface area (Å²) in [4.78, 5) is 13.5. The topological polar surface area (TPSA) is 40.5 Å². The molecule has 1 saturated heterocycles. The Morgan fingerprint density at radius 2 is 2.20 bits per heavy atom. The monoisotopic (exact) mass is 213 g/mol. The average molecular weight is 213 g/mol. The SMILES string of the molecule is CCC(C)(CN1CCCCC1C)C(=O)O. The van der Waals surface area contributed by atoms with E-state index >= 15 is 0 Å². The number of hydrogen-bond acceptors (Lipinski definition) is 2. The molecule has 1 fully saturated rings. The van der Waals surface area contributed by atoms with E-state index in [1.165, 1.54) is 19.3 Å². The third-order valence-electron chi connectivity index (χ3n) is 3.79. The Balaban J connectivity index is 2.61. The molecule has 0 radical (unpaired) electrons. The molecule has 3 nitrogen and oxygen atoms in total. The maximum atomic E-state index is 11.2. The summed E-state index contributed by atoms with van der Waals surface area (Å²) in [6.45, 7) is 7.78. The smallest absolute Gasteiger partial charge is 0.310 e. The minimum atomic E-state index is -0.664. The van der Waals surface area contributed by atoms with Crippen molar-refractivity contribution in [3.63, 3.8) is 0 Å². The molecule has 0 spiro atoms. The molecule has 0 aromatic carbocycles. The number of carboxylic acid groups (broad SMARTS) is 1. The number of likely N-dealkylation sites (tertiary alicyclic amines) is 1. The summed E-state index contributed by atoms with van der Waals surface area (Å²) in [5.74, 6) is -0.664. The van der Waals surface area contributed by atoms with Crippen LogP contribution in [0.3, 0.4) is 0 Å². The predicted molar refractivity (Wildman–Crippen MR) is 60.9 cm³/mol. The van der Waals surface area contributed by atoms with E-state index in [1.54, 1.807) is 0 Å². The van der Waals surface area contributed by atoms with E-state index in [1.807, 2.05) is 13.8 Å². The molecule has 88 valence electrons. The summed E-state index contributed by atoms with van der Waals surface area (Å²) in [5, 5.41) is 9.22. The van der Waals surface area contributed by atoms with E-state index in [9.17, 15) is 9.90 Å². The quantitative estimate of drug-likeness (QED) is 0.779. The number of piperidine rings is 1. The van der Waals surface area contributed by atoms with Gasteiger partial charge in [0.25, 0.3) is 0 Å². The van der Waals surface area contributed by atoms with Crippen molar-refractivity contribution in [3.05, 3.63) is 0 Å². The van der Waals surface area contributed by atoms with Gasteiger partial charge >= 0.3 is 5.97 Å². The fourth-order valence-corrected chi connectivity index (χ4v) is 2.17. The molecule has 0 saturated carbocycles. The first-order valence-corrected chi connectivity index (χ1v) is 5.97. The van der Waals surface area contributed by atoms with Crippen LogP contribution in [0.4, 0.5) is 0 Å². The summed E-state index contributed by atoms with van der Waals surface area (Å²) < 4.78 is 0. The first kappa shape index (κ1) is 12.5. The Morgan fingerprint density at radius 1 is 1.53 bits per heavy atom. The number of nitrogens with zero attached hydrogens (tertiary/aromatic N) is 1. The Labute approximate surface area is 92.5 Å². The van der Waals surface area contributed by atoms with Crippen molar-refractivity contribution < 1.29 is 9.90 Å². The number of aliphatic carboxylic acids is 1. The van der Waals surface area contributed by atoms with Crippen LogP contribution in [0.15, 0.2) is 0 Å². The van der Waals surface area contributed by atoms with Gasteiger partial charge in [0.05, 0.1) is 5.41 Å². The molecule has 0 amide bonds. The molecule has 1 aliphatic rings. The minimum Gasteiger partial charge on any atom is -0.481 e. The van der Waals surface area contributed by atoms with Crippen molar-refractivity contribution >= 4 is 5.97 Å². The Hall–Kier alpha value is -0.570.